The third-order valence-electron chi connectivity index (χ3n) is 4.64. The minimum absolute atomic E-state index is 0.388. The van der Waals surface area contributed by atoms with E-state index in [2.05, 4.69) is 4.74 Å². The summed E-state index contributed by atoms with van der Waals surface area (Å²) in [5.41, 5.74) is 0. The molecule has 0 N–H and O–H groups in total. The van der Waals surface area contributed by atoms with Crippen molar-refractivity contribution in [1.29, 1.82) is 0 Å². The van der Waals surface area contributed by atoms with Gasteiger partial charge in [-0.25, -0.2) is 8.42 Å². The Morgan fingerprint density at radius 3 is 1.31 bits per heavy atom. The highest BCUT2D eigenvalue weighted by molar-refractivity contribution is 7.90. The van der Waals surface area contributed by atoms with Gasteiger partial charge in [0.25, 0.3) is 10.0 Å². The minimum Gasteiger partial charge on any atom is -0.372 e. The van der Waals surface area contributed by atoms with Crippen LogP contribution < -0.4 is 0 Å². The lowest BCUT2D eigenvalue weighted by Gasteiger charge is -2.43. The van der Waals surface area contributed by atoms with Crippen LogP contribution in [0.25, 0.3) is 0 Å². The van der Waals surface area contributed by atoms with Gasteiger partial charge in [0.15, 0.2) is 0 Å². The average molecular weight is 597 g/mol. The number of nitrogens with zero attached hydrogens (tertiary/aromatic N) is 1. The summed E-state index contributed by atoms with van der Waals surface area (Å²) in [6.45, 7) is -1.88. The maximum atomic E-state index is 14.2. The smallest absolute Gasteiger partial charge is 0.372 e. The summed E-state index contributed by atoms with van der Waals surface area (Å²) in [5.74, 6) is -51.6. The molecule has 0 saturated carbocycles. The first-order chi connectivity index (χ1) is 15.5. The van der Waals surface area contributed by atoms with Crippen LogP contribution in [0.3, 0.4) is 0 Å². The molecular weight excluding hydrogens is 585 g/mol. The Hall–Kier alpha value is -1.32. The SMILES string of the molecule is CCCN(C[C@H]1CO1)S(=O)(=O)C(F)(F)C(F)(F)C(F)(F)C(F)(F)C(F)(F)C(F)(F)C(F)(F)C(F)(F)F. The zero-order chi connectivity index (χ0) is 29.2. The highest BCUT2D eigenvalue weighted by atomic mass is 32.2. The zero-order valence-electron chi connectivity index (χ0n) is 16.9. The number of hydrogen-bond donors (Lipinski definition) is 0. The molecule has 0 amide bonds. The van der Waals surface area contributed by atoms with E-state index in [9.17, 15) is 83.1 Å². The Morgan fingerprint density at radius 1 is 0.667 bits per heavy atom. The van der Waals surface area contributed by atoms with Crippen molar-refractivity contribution in [2.24, 2.45) is 0 Å². The molecule has 1 fully saturated rings. The lowest BCUT2D eigenvalue weighted by molar-refractivity contribution is -0.458. The molecule has 0 unspecified atom stereocenters. The van der Waals surface area contributed by atoms with Gasteiger partial charge < -0.3 is 4.74 Å². The van der Waals surface area contributed by atoms with E-state index >= 15 is 0 Å². The maximum Gasteiger partial charge on any atom is 0.460 e. The number of sulfonamides is 1. The standard InChI is InChI=1S/C14H12F17NO3S/c1-2-3-32(4-6-5-35-6)36(33,34)14(30,31)12(25,26)10(21,22)8(17,18)7(15,16)9(19,20)11(23,24)13(27,28)29/h6H,2-5H2,1H3/t6-/m0/s1. The molecule has 22 heteroatoms. The van der Waals surface area contributed by atoms with Crippen LogP contribution in [0.1, 0.15) is 13.3 Å². The van der Waals surface area contributed by atoms with E-state index < -0.39 is 86.9 Å². The summed E-state index contributed by atoms with van der Waals surface area (Å²) >= 11 is 0. The van der Waals surface area contributed by atoms with Gasteiger partial charge in [-0.15, -0.1) is 0 Å². The molecule has 0 aromatic carbocycles. The molecule has 0 aliphatic carbocycles. The Bertz CT molecular complexity index is 910. The monoisotopic (exact) mass is 597 g/mol. The van der Waals surface area contributed by atoms with Crippen molar-refractivity contribution in [3.8, 4) is 0 Å². The van der Waals surface area contributed by atoms with Crippen LogP contribution in [-0.2, 0) is 14.8 Å². The molecule has 1 atom stereocenters. The lowest BCUT2D eigenvalue weighted by Crippen LogP contribution is -2.75. The molecule has 4 nitrogen and oxygen atoms in total. The van der Waals surface area contributed by atoms with Gasteiger partial charge in [-0.3, -0.25) is 0 Å². The van der Waals surface area contributed by atoms with Gasteiger partial charge in [0.05, 0.1) is 12.7 Å². The van der Waals surface area contributed by atoms with Gasteiger partial charge in [-0.05, 0) is 6.42 Å². The lowest BCUT2D eigenvalue weighted by atomic mass is 9.91. The van der Waals surface area contributed by atoms with Crippen LogP contribution in [0.2, 0.25) is 0 Å². The Balaban J connectivity index is 3.69. The molecule has 0 aromatic heterocycles. The van der Waals surface area contributed by atoms with Gasteiger partial charge in [0.2, 0.25) is 0 Å². The molecular formula is C14H12F17NO3S. The molecule has 0 bridgehead atoms. The van der Waals surface area contributed by atoms with Gasteiger partial charge in [0, 0.05) is 13.1 Å². The highest BCUT2D eigenvalue weighted by Gasteiger charge is 2.96. The molecule has 36 heavy (non-hydrogen) atoms. The molecule has 216 valence electrons. The summed E-state index contributed by atoms with van der Waals surface area (Å²) in [5, 5.41) is -7.53. The van der Waals surface area contributed by atoms with Gasteiger partial charge in [-0.1, -0.05) is 6.92 Å². The molecule has 1 aliphatic rings. The molecule has 0 radical (unpaired) electrons. The molecule has 1 aliphatic heterocycles. The van der Waals surface area contributed by atoms with Crippen molar-refractivity contribution in [3.05, 3.63) is 0 Å². The van der Waals surface area contributed by atoms with Gasteiger partial charge >= 0.3 is 47.0 Å². The van der Waals surface area contributed by atoms with Crippen molar-refractivity contribution in [3.63, 3.8) is 0 Å². The van der Waals surface area contributed by atoms with Crippen molar-refractivity contribution in [2.75, 3.05) is 19.7 Å². The molecule has 1 heterocycles. The zero-order valence-corrected chi connectivity index (χ0v) is 17.7. The van der Waals surface area contributed by atoms with Gasteiger partial charge in [-0.2, -0.15) is 78.9 Å². The van der Waals surface area contributed by atoms with Crippen LogP contribution in [-0.4, -0.2) is 85.5 Å². The van der Waals surface area contributed by atoms with E-state index in [0.29, 0.717) is 0 Å². The summed E-state index contributed by atoms with van der Waals surface area (Å²) in [4.78, 5) is 0. The number of rotatable bonds is 12. The van der Waals surface area contributed by atoms with E-state index in [1.807, 2.05) is 0 Å². The first kappa shape index (κ1) is 32.7. The normalized spacial score (nSPS) is 19.7. The molecule has 1 rings (SSSR count). The fraction of sp³-hybridized carbons (Fsp3) is 1.00. The number of hydrogen-bond acceptors (Lipinski definition) is 3. The molecule has 1 saturated heterocycles. The third-order valence-corrected chi connectivity index (χ3v) is 6.56. The second-order valence-electron chi connectivity index (χ2n) is 7.28. The topological polar surface area (TPSA) is 49.9 Å². The van der Waals surface area contributed by atoms with E-state index in [1.54, 1.807) is 0 Å². The second-order valence-corrected chi connectivity index (χ2v) is 9.26. The van der Waals surface area contributed by atoms with Crippen LogP contribution in [0, 0.1) is 0 Å². The Morgan fingerprint density at radius 2 is 1.00 bits per heavy atom. The average Bonchev–Trinajstić information content (AvgIpc) is 3.49. The predicted octanol–water partition coefficient (Wildman–Crippen LogP) is 5.39. The largest absolute Gasteiger partial charge is 0.460 e. The predicted molar refractivity (Wildman–Crippen MR) is 81.2 cm³/mol. The summed E-state index contributed by atoms with van der Waals surface area (Å²) in [7, 11) is -7.26. The number of epoxide rings is 1. The van der Waals surface area contributed by atoms with Crippen LogP contribution in [0.4, 0.5) is 74.6 Å². The fourth-order valence-electron chi connectivity index (χ4n) is 2.43. The van der Waals surface area contributed by atoms with Crippen LogP contribution in [0.15, 0.2) is 0 Å². The van der Waals surface area contributed by atoms with Crippen LogP contribution >= 0.6 is 0 Å². The van der Waals surface area contributed by atoms with E-state index in [1.165, 1.54) is 0 Å². The number of ether oxygens (including phenoxy) is 1. The minimum atomic E-state index is -8.84. The number of halogens is 17. The van der Waals surface area contributed by atoms with Crippen molar-refractivity contribution in [2.45, 2.75) is 66.4 Å². The number of alkyl halides is 17. The van der Waals surface area contributed by atoms with E-state index in [4.69, 9.17) is 0 Å². The van der Waals surface area contributed by atoms with Crippen molar-refractivity contribution >= 4 is 10.0 Å². The van der Waals surface area contributed by atoms with Gasteiger partial charge in [0.1, 0.15) is 0 Å². The van der Waals surface area contributed by atoms with Crippen molar-refractivity contribution in [1.82, 2.24) is 4.31 Å². The first-order valence-electron chi connectivity index (χ1n) is 8.86. The van der Waals surface area contributed by atoms with Crippen LogP contribution in [0.5, 0.6) is 0 Å². The summed E-state index contributed by atoms with van der Waals surface area (Å²) in [6, 6.07) is 0. The third kappa shape index (κ3) is 4.37. The Labute approximate surface area is 189 Å². The Kier molecular flexibility index (Phi) is 8.06. The summed E-state index contributed by atoms with van der Waals surface area (Å²) < 4.78 is 254. The molecule has 0 aromatic rings. The fourth-order valence-corrected chi connectivity index (χ4v) is 4.00. The van der Waals surface area contributed by atoms with E-state index in [0.717, 1.165) is 6.92 Å². The first-order valence-corrected chi connectivity index (χ1v) is 10.3. The second kappa shape index (κ2) is 8.87. The molecule has 0 spiro atoms. The van der Waals surface area contributed by atoms with Crippen molar-refractivity contribution < 1.29 is 87.8 Å². The summed E-state index contributed by atoms with van der Waals surface area (Å²) in [6.07, 6.45) is -9.69. The maximum absolute atomic E-state index is 14.2. The van der Waals surface area contributed by atoms with E-state index in [-0.39, 0.29) is 6.61 Å². The quantitative estimate of drug-likeness (QED) is 0.224. The highest BCUT2D eigenvalue weighted by Crippen LogP contribution is 2.64.